The first-order chi connectivity index (χ1) is 13.1. The van der Waals surface area contributed by atoms with Crippen molar-refractivity contribution in [2.45, 2.75) is 57.0 Å². The summed E-state index contributed by atoms with van der Waals surface area (Å²) in [6, 6.07) is 7.12. The lowest BCUT2D eigenvalue weighted by atomic mass is 9.87. The molecular formula is C21H32N2O4S. The van der Waals surface area contributed by atoms with Crippen molar-refractivity contribution < 1.29 is 17.9 Å². The number of sulfonamides is 1. The molecule has 28 heavy (non-hydrogen) atoms. The molecule has 2 aliphatic rings. The Morgan fingerprint density at radius 2 is 1.68 bits per heavy atom. The van der Waals surface area contributed by atoms with Gasteiger partial charge in [-0.25, -0.2) is 8.42 Å². The monoisotopic (exact) mass is 408 g/mol. The van der Waals surface area contributed by atoms with Gasteiger partial charge in [0.2, 0.25) is 10.0 Å². The fraction of sp³-hybridized carbons (Fsp3) is 0.667. The summed E-state index contributed by atoms with van der Waals surface area (Å²) in [6.07, 6.45) is 1.91. The van der Waals surface area contributed by atoms with Gasteiger partial charge in [-0.2, -0.15) is 4.31 Å². The number of carbonyl (C=O) groups is 1. The van der Waals surface area contributed by atoms with Crippen LogP contribution in [-0.4, -0.2) is 62.4 Å². The van der Waals surface area contributed by atoms with Gasteiger partial charge in [-0.05, 0) is 48.8 Å². The van der Waals surface area contributed by atoms with E-state index in [1.807, 2.05) is 12.1 Å². The fourth-order valence-corrected chi connectivity index (χ4v) is 4.74. The van der Waals surface area contributed by atoms with E-state index in [-0.39, 0.29) is 11.3 Å². The maximum atomic E-state index is 12.9. The lowest BCUT2D eigenvalue weighted by Crippen LogP contribution is -2.52. The fourth-order valence-electron chi connectivity index (χ4n) is 3.32. The Labute approximate surface area is 168 Å². The van der Waals surface area contributed by atoms with E-state index >= 15 is 0 Å². The van der Waals surface area contributed by atoms with Crippen molar-refractivity contribution in [1.29, 1.82) is 0 Å². The molecule has 1 aliphatic carbocycles. The molecule has 0 bridgehead atoms. The largest absolute Gasteiger partial charge is 0.368 e. The molecule has 1 saturated heterocycles. The van der Waals surface area contributed by atoms with Gasteiger partial charge in [-0.15, -0.1) is 0 Å². The Bertz CT molecular complexity index is 787. The Balaban J connectivity index is 1.57. The van der Waals surface area contributed by atoms with Gasteiger partial charge in [0.25, 0.3) is 5.91 Å². The molecule has 2 fully saturated rings. The normalized spacial score (nSPS) is 20.2. The summed E-state index contributed by atoms with van der Waals surface area (Å²) >= 11 is 0. The number of rotatable bonds is 6. The molecule has 0 N–H and O–H groups in total. The number of nitrogens with zero attached hydrogens (tertiary/aromatic N) is 2. The second kappa shape index (κ2) is 8.13. The molecule has 1 aromatic rings. The van der Waals surface area contributed by atoms with Crippen LogP contribution in [0.5, 0.6) is 0 Å². The highest BCUT2D eigenvalue weighted by Gasteiger charge is 2.32. The molecule has 156 valence electrons. The average Bonchev–Trinajstić information content (AvgIpc) is 3.49. The first kappa shape index (κ1) is 21.3. The van der Waals surface area contributed by atoms with Crippen molar-refractivity contribution >= 4 is 15.9 Å². The number of hydrogen-bond acceptors (Lipinski definition) is 4. The first-order valence-electron chi connectivity index (χ1n) is 10.1. The minimum Gasteiger partial charge on any atom is -0.368 e. The minimum atomic E-state index is -3.54. The maximum Gasteiger partial charge on any atom is 0.251 e. The predicted octanol–water partition coefficient (Wildman–Crippen LogP) is 2.63. The van der Waals surface area contributed by atoms with E-state index in [4.69, 9.17) is 4.74 Å². The maximum absolute atomic E-state index is 12.9. The summed E-state index contributed by atoms with van der Waals surface area (Å²) in [5, 5.41) is 0. The number of piperazine rings is 1. The quantitative estimate of drug-likeness (QED) is 0.726. The highest BCUT2D eigenvalue weighted by Crippen LogP contribution is 2.29. The van der Waals surface area contributed by atoms with Crippen molar-refractivity contribution in [3.05, 3.63) is 29.8 Å². The van der Waals surface area contributed by atoms with Crippen LogP contribution >= 0.6 is 0 Å². The lowest BCUT2D eigenvalue weighted by molar-refractivity contribution is -0.144. The average molecular weight is 409 g/mol. The van der Waals surface area contributed by atoms with Crippen LogP contribution < -0.4 is 0 Å². The van der Waals surface area contributed by atoms with Crippen molar-refractivity contribution in [2.24, 2.45) is 5.92 Å². The molecule has 3 rings (SSSR count). The van der Waals surface area contributed by atoms with Crippen LogP contribution in [0.1, 0.15) is 46.1 Å². The summed E-state index contributed by atoms with van der Waals surface area (Å²) in [7, 11) is -3.54. The predicted molar refractivity (Wildman–Crippen MR) is 109 cm³/mol. The van der Waals surface area contributed by atoms with E-state index in [2.05, 4.69) is 20.8 Å². The Morgan fingerprint density at radius 1 is 1.11 bits per heavy atom. The van der Waals surface area contributed by atoms with E-state index in [1.54, 1.807) is 24.0 Å². The second-order valence-electron chi connectivity index (χ2n) is 8.92. The van der Waals surface area contributed by atoms with E-state index in [9.17, 15) is 13.2 Å². The third-order valence-corrected chi connectivity index (χ3v) is 7.45. The summed E-state index contributed by atoms with van der Waals surface area (Å²) < 4.78 is 33.0. The van der Waals surface area contributed by atoms with E-state index in [1.165, 1.54) is 17.1 Å². The van der Waals surface area contributed by atoms with E-state index < -0.39 is 16.1 Å². The Kier molecular flexibility index (Phi) is 6.17. The molecular weight excluding hydrogens is 376 g/mol. The van der Waals surface area contributed by atoms with Gasteiger partial charge in [0.1, 0.15) is 6.10 Å². The highest BCUT2D eigenvalue weighted by molar-refractivity contribution is 7.89. The Hall–Kier alpha value is -1.44. The summed E-state index contributed by atoms with van der Waals surface area (Å²) in [6.45, 7) is 10.1. The molecule has 1 heterocycles. The molecule has 1 aromatic carbocycles. The molecule has 0 aromatic heterocycles. The van der Waals surface area contributed by atoms with Crippen LogP contribution in [0.25, 0.3) is 0 Å². The van der Waals surface area contributed by atoms with Crippen LogP contribution in [0, 0.1) is 5.92 Å². The molecule has 7 heteroatoms. The summed E-state index contributed by atoms with van der Waals surface area (Å²) in [4.78, 5) is 14.5. The molecule has 1 saturated carbocycles. The molecule has 6 nitrogen and oxygen atoms in total. The van der Waals surface area contributed by atoms with Crippen molar-refractivity contribution in [3.63, 3.8) is 0 Å². The standard InChI is InChI=1S/C21H32N2O4S/c1-16(27-15-17-5-6-17)20(24)22-11-13-23(14-12-22)28(25,26)19-9-7-18(8-10-19)21(2,3)4/h7-10,16-17H,5-6,11-15H2,1-4H3. The molecule has 0 spiro atoms. The topological polar surface area (TPSA) is 66.9 Å². The zero-order valence-electron chi connectivity index (χ0n) is 17.3. The van der Waals surface area contributed by atoms with Crippen LogP contribution in [-0.2, 0) is 25.0 Å². The zero-order chi connectivity index (χ0) is 20.5. The first-order valence-corrected chi connectivity index (χ1v) is 11.5. The molecule has 1 amide bonds. The molecule has 1 aliphatic heterocycles. The smallest absolute Gasteiger partial charge is 0.251 e. The van der Waals surface area contributed by atoms with Crippen LogP contribution in [0.2, 0.25) is 0 Å². The summed E-state index contributed by atoms with van der Waals surface area (Å²) in [5.41, 5.74) is 1.08. The number of hydrogen-bond donors (Lipinski definition) is 0. The molecule has 0 radical (unpaired) electrons. The van der Waals surface area contributed by atoms with Crippen molar-refractivity contribution in [1.82, 2.24) is 9.21 Å². The highest BCUT2D eigenvalue weighted by atomic mass is 32.2. The zero-order valence-corrected chi connectivity index (χ0v) is 18.2. The van der Waals surface area contributed by atoms with E-state index in [0.29, 0.717) is 43.6 Å². The van der Waals surface area contributed by atoms with E-state index in [0.717, 1.165) is 5.56 Å². The van der Waals surface area contributed by atoms with Gasteiger partial charge in [-0.3, -0.25) is 4.79 Å². The van der Waals surface area contributed by atoms with Gasteiger partial charge in [0.15, 0.2) is 0 Å². The Morgan fingerprint density at radius 3 is 2.18 bits per heavy atom. The van der Waals surface area contributed by atoms with Crippen LogP contribution in [0.15, 0.2) is 29.2 Å². The number of carbonyl (C=O) groups excluding carboxylic acids is 1. The minimum absolute atomic E-state index is 0.0213. The molecule has 1 unspecified atom stereocenters. The van der Waals surface area contributed by atoms with Gasteiger partial charge in [-0.1, -0.05) is 32.9 Å². The van der Waals surface area contributed by atoms with Gasteiger partial charge in [0.05, 0.1) is 11.5 Å². The van der Waals surface area contributed by atoms with Gasteiger partial charge >= 0.3 is 0 Å². The van der Waals surface area contributed by atoms with Crippen LogP contribution in [0.3, 0.4) is 0 Å². The number of ether oxygens (including phenoxy) is 1. The summed E-state index contributed by atoms with van der Waals surface area (Å²) in [5.74, 6) is 0.564. The third kappa shape index (κ3) is 4.93. The lowest BCUT2D eigenvalue weighted by Gasteiger charge is -2.35. The molecule has 1 atom stereocenters. The number of benzene rings is 1. The van der Waals surface area contributed by atoms with Gasteiger partial charge in [0, 0.05) is 26.2 Å². The van der Waals surface area contributed by atoms with Crippen LogP contribution in [0.4, 0.5) is 0 Å². The third-order valence-electron chi connectivity index (χ3n) is 5.54. The second-order valence-corrected chi connectivity index (χ2v) is 10.9. The SMILES string of the molecule is CC(OCC1CC1)C(=O)N1CCN(S(=O)(=O)c2ccc(C(C)(C)C)cc2)CC1. The van der Waals surface area contributed by atoms with Crippen molar-refractivity contribution in [3.8, 4) is 0 Å². The van der Waals surface area contributed by atoms with Crippen molar-refractivity contribution in [2.75, 3.05) is 32.8 Å². The number of amides is 1. The van der Waals surface area contributed by atoms with Gasteiger partial charge < -0.3 is 9.64 Å².